The molecule has 1 atom stereocenters. The van der Waals surface area contributed by atoms with Crippen molar-refractivity contribution in [1.82, 2.24) is 5.32 Å². The molecule has 0 amide bonds. The summed E-state index contributed by atoms with van der Waals surface area (Å²) in [5.41, 5.74) is 2.47. The number of phenols is 1. The van der Waals surface area contributed by atoms with Crippen molar-refractivity contribution in [1.29, 1.82) is 0 Å². The van der Waals surface area contributed by atoms with Gasteiger partial charge in [0, 0.05) is 30.1 Å². The maximum absolute atomic E-state index is 13.0. The highest BCUT2D eigenvalue weighted by molar-refractivity contribution is 5.82. The maximum atomic E-state index is 13.0. The first-order valence-corrected chi connectivity index (χ1v) is 8.25. The molecule has 130 valence electrons. The maximum Gasteiger partial charge on any atom is 0.336 e. The van der Waals surface area contributed by atoms with Crippen LogP contribution in [-0.4, -0.2) is 5.11 Å². The second-order valence-corrected chi connectivity index (χ2v) is 6.08. The molecule has 0 aliphatic carbocycles. The normalized spacial score (nSPS) is 12.4. The molecule has 1 aromatic heterocycles. The summed E-state index contributed by atoms with van der Waals surface area (Å²) < 4.78 is 18.2. The molecule has 2 N–H and O–H groups in total. The van der Waals surface area contributed by atoms with Crippen LogP contribution < -0.4 is 10.9 Å². The Kier molecular flexibility index (Phi) is 4.86. The zero-order valence-corrected chi connectivity index (χ0v) is 14.2. The van der Waals surface area contributed by atoms with Gasteiger partial charge in [0.1, 0.15) is 17.1 Å². The van der Waals surface area contributed by atoms with Crippen molar-refractivity contribution in [3.8, 4) is 5.75 Å². The second-order valence-electron chi connectivity index (χ2n) is 6.08. The van der Waals surface area contributed by atoms with Crippen LogP contribution in [0.15, 0.2) is 51.7 Å². The Hall–Kier alpha value is -2.66. The van der Waals surface area contributed by atoms with Gasteiger partial charge >= 0.3 is 5.63 Å². The van der Waals surface area contributed by atoms with Crippen LogP contribution in [0.2, 0.25) is 0 Å². The zero-order chi connectivity index (χ0) is 18.0. The summed E-state index contributed by atoms with van der Waals surface area (Å²) in [7, 11) is 0. The first-order chi connectivity index (χ1) is 12.0. The summed E-state index contributed by atoms with van der Waals surface area (Å²) in [4.78, 5) is 11.8. The lowest BCUT2D eigenvalue weighted by Crippen LogP contribution is -2.19. The molecule has 0 saturated heterocycles. The van der Waals surface area contributed by atoms with Crippen molar-refractivity contribution < 1.29 is 13.9 Å². The van der Waals surface area contributed by atoms with Crippen LogP contribution in [0.5, 0.6) is 5.75 Å². The SMILES string of the molecule is CCc1cc2c(CNC(C)c3ccc(F)cc3)cc(=O)oc2cc1O. The Bertz CT molecular complexity index is 948. The number of halogens is 1. The number of rotatable bonds is 5. The lowest BCUT2D eigenvalue weighted by atomic mass is 10.0. The monoisotopic (exact) mass is 341 g/mol. The van der Waals surface area contributed by atoms with Crippen LogP contribution >= 0.6 is 0 Å². The van der Waals surface area contributed by atoms with Gasteiger partial charge in [-0.05, 0) is 48.2 Å². The number of benzene rings is 2. The number of nitrogens with one attached hydrogen (secondary N) is 1. The Morgan fingerprint density at radius 2 is 1.88 bits per heavy atom. The van der Waals surface area contributed by atoms with Gasteiger partial charge in [-0.2, -0.15) is 0 Å². The molecule has 0 saturated carbocycles. The van der Waals surface area contributed by atoms with Gasteiger partial charge < -0.3 is 14.8 Å². The summed E-state index contributed by atoms with van der Waals surface area (Å²) in [5, 5.41) is 14.1. The average molecular weight is 341 g/mol. The van der Waals surface area contributed by atoms with Crippen LogP contribution in [0.3, 0.4) is 0 Å². The summed E-state index contributed by atoms with van der Waals surface area (Å²) in [5.74, 6) is -0.141. The largest absolute Gasteiger partial charge is 0.508 e. The minimum atomic E-state index is -0.456. The number of phenolic OH excluding ortho intramolecular Hbond substituents is 1. The summed E-state index contributed by atoms with van der Waals surface area (Å²) in [6.07, 6.45) is 0.680. The molecule has 25 heavy (non-hydrogen) atoms. The van der Waals surface area contributed by atoms with Crippen LogP contribution in [0.1, 0.15) is 36.6 Å². The quantitative estimate of drug-likeness (QED) is 0.687. The third-order valence-electron chi connectivity index (χ3n) is 4.38. The van der Waals surface area contributed by atoms with Crippen molar-refractivity contribution in [3.05, 3.63) is 75.4 Å². The van der Waals surface area contributed by atoms with Gasteiger partial charge in [-0.1, -0.05) is 19.1 Å². The predicted molar refractivity (Wildman–Crippen MR) is 95.2 cm³/mol. The van der Waals surface area contributed by atoms with E-state index in [0.29, 0.717) is 18.5 Å². The molecule has 3 rings (SSSR count). The van der Waals surface area contributed by atoms with Crippen LogP contribution in [0.4, 0.5) is 4.39 Å². The van der Waals surface area contributed by atoms with Gasteiger partial charge in [-0.3, -0.25) is 0 Å². The molecule has 0 fully saturated rings. The fourth-order valence-corrected chi connectivity index (χ4v) is 2.87. The minimum absolute atomic E-state index is 0.00865. The third-order valence-corrected chi connectivity index (χ3v) is 4.38. The number of hydrogen-bond acceptors (Lipinski definition) is 4. The van der Waals surface area contributed by atoms with Gasteiger partial charge in [-0.25, -0.2) is 9.18 Å². The lowest BCUT2D eigenvalue weighted by Gasteiger charge is -2.15. The molecule has 4 nitrogen and oxygen atoms in total. The van der Waals surface area contributed by atoms with Crippen molar-refractivity contribution in [2.75, 3.05) is 0 Å². The van der Waals surface area contributed by atoms with Crippen LogP contribution in [0.25, 0.3) is 11.0 Å². The van der Waals surface area contributed by atoms with Crippen LogP contribution in [-0.2, 0) is 13.0 Å². The Morgan fingerprint density at radius 1 is 1.16 bits per heavy atom. The van der Waals surface area contributed by atoms with Gasteiger partial charge in [0.15, 0.2) is 0 Å². The van der Waals surface area contributed by atoms with Crippen molar-refractivity contribution in [2.45, 2.75) is 32.9 Å². The van der Waals surface area contributed by atoms with Gasteiger partial charge in [0.2, 0.25) is 0 Å². The van der Waals surface area contributed by atoms with Crippen molar-refractivity contribution in [3.63, 3.8) is 0 Å². The average Bonchev–Trinajstić information content (AvgIpc) is 2.59. The van der Waals surface area contributed by atoms with E-state index in [9.17, 15) is 14.3 Å². The van der Waals surface area contributed by atoms with Crippen molar-refractivity contribution in [2.24, 2.45) is 0 Å². The minimum Gasteiger partial charge on any atom is -0.508 e. The first kappa shape index (κ1) is 17.2. The molecule has 0 radical (unpaired) electrons. The van der Waals surface area contributed by atoms with Crippen LogP contribution in [0, 0.1) is 5.82 Å². The predicted octanol–water partition coefficient (Wildman–Crippen LogP) is 4.05. The smallest absolute Gasteiger partial charge is 0.336 e. The molecule has 3 aromatic rings. The first-order valence-electron chi connectivity index (χ1n) is 8.25. The number of hydrogen-bond donors (Lipinski definition) is 2. The molecular weight excluding hydrogens is 321 g/mol. The van der Waals surface area contributed by atoms with Gasteiger partial charge in [0.05, 0.1) is 0 Å². The van der Waals surface area contributed by atoms with E-state index in [4.69, 9.17) is 4.42 Å². The highest BCUT2D eigenvalue weighted by Crippen LogP contribution is 2.27. The molecule has 0 spiro atoms. The van der Waals surface area contributed by atoms with E-state index in [1.165, 1.54) is 24.3 Å². The standard InChI is InChI=1S/C20H20FNO3/c1-3-13-8-17-15(9-20(24)25-19(17)10-18(13)23)11-22-12(2)14-4-6-16(21)7-5-14/h4-10,12,22-23H,3,11H2,1-2H3. The topological polar surface area (TPSA) is 62.5 Å². The van der Waals surface area contributed by atoms with E-state index >= 15 is 0 Å². The molecular formula is C20H20FNO3. The Labute approximate surface area is 144 Å². The van der Waals surface area contributed by atoms with Crippen molar-refractivity contribution >= 4 is 11.0 Å². The summed E-state index contributed by atoms with van der Waals surface area (Å²) in [6.45, 7) is 4.38. The van der Waals surface area contributed by atoms with E-state index in [0.717, 1.165) is 22.1 Å². The van der Waals surface area contributed by atoms with Gasteiger partial charge in [0.25, 0.3) is 0 Å². The molecule has 1 heterocycles. The second kappa shape index (κ2) is 7.07. The molecule has 0 aliphatic rings. The third kappa shape index (κ3) is 3.72. The lowest BCUT2D eigenvalue weighted by molar-refractivity contribution is 0.466. The fourth-order valence-electron chi connectivity index (χ4n) is 2.87. The van der Waals surface area contributed by atoms with E-state index in [1.807, 2.05) is 19.9 Å². The van der Waals surface area contributed by atoms with E-state index < -0.39 is 5.63 Å². The number of fused-ring (bicyclic) bond motifs is 1. The summed E-state index contributed by atoms with van der Waals surface area (Å²) >= 11 is 0. The molecule has 5 heteroatoms. The number of aromatic hydroxyl groups is 1. The molecule has 2 aromatic carbocycles. The van der Waals surface area contributed by atoms with E-state index in [1.54, 1.807) is 12.1 Å². The van der Waals surface area contributed by atoms with E-state index in [-0.39, 0.29) is 17.6 Å². The highest BCUT2D eigenvalue weighted by atomic mass is 19.1. The molecule has 0 bridgehead atoms. The molecule has 0 aliphatic heterocycles. The summed E-state index contributed by atoms with van der Waals surface area (Å²) in [6, 6.07) is 11.1. The fraction of sp³-hybridized carbons (Fsp3) is 0.250. The Morgan fingerprint density at radius 3 is 2.56 bits per heavy atom. The number of aryl methyl sites for hydroxylation is 1. The van der Waals surface area contributed by atoms with E-state index in [2.05, 4.69) is 5.32 Å². The zero-order valence-electron chi connectivity index (χ0n) is 14.2. The Balaban J connectivity index is 1.90. The highest BCUT2D eigenvalue weighted by Gasteiger charge is 2.11. The van der Waals surface area contributed by atoms with Gasteiger partial charge in [-0.15, -0.1) is 0 Å². The molecule has 1 unspecified atom stereocenters.